The van der Waals surface area contributed by atoms with Gasteiger partial charge in [-0.3, -0.25) is 4.57 Å². The summed E-state index contributed by atoms with van der Waals surface area (Å²) < 4.78 is 2.28. The Morgan fingerprint density at radius 1 is 1.25 bits per heavy atom. The molecule has 0 amide bonds. The number of nitrogens with zero attached hydrogens (tertiary/aromatic N) is 2. The zero-order valence-electron chi connectivity index (χ0n) is 9.53. The summed E-state index contributed by atoms with van der Waals surface area (Å²) in [4.78, 5) is 0. The third-order valence-corrected chi connectivity index (χ3v) is 2.83. The third kappa shape index (κ3) is 1.63. The van der Waals surface area contributed by atoms with Crippen LogP contribution in [0.2, 0.25) is 0 Å². The smallest absolute Gasteiger partial charge is 0.225 e. The Bertz CT molecular complexity index is 571. The Kier molecular flexibility index (Phi) is 2.55. The zero-order chi connectivity index (χ0) is 11.9. The molecule has 0 aliphatic carbocycles. The zero-order valence-corrected chi connectivity index (χ0v) is 10.4. The fourth-order valence-electron chi connectivity index (χ4n) is 2.05. The first-order valence-electron chi connectivity index (χ1n) is 5.02. The van der Waals surface area contributed by atoms with Gasteiger partial charge in [-0.05, 0) is 44.1 Å². The molecule has 2 aromatic rings. The number of benzene rings is 1. The third-order valence-electron chi connectivity index (χ3n) is 2.56. The van der Waals surface area contributed by atoms with Crippen molar-refractivity contribution in [2.24, 2.45) is 0 Å². The molecule has 2 rings (SSSR count). The average molecular weight is 234 g/mol. The standard InChI is InChI=1S/C11H14N4S/c1-6-4-7(2)9(8(3)5-6)15-10(12)13-14-11(15)16/h4-5H,1-3H3,(H2,12,13)(H,14,16). The first-order valence-corrected chi connectivity index (χ1v) is 5.42. The minimum atomic E-state index is 0.389. The van der Waals surface area contributed by atoms with E-state index < -0.39 is 0 Å². The molecule has 5 heteroatoms. The number of aromatic nitrogens is 3. The maximum atomic E-state index is 5.80. The van der Waals surface area contributed by atoms with E-state index in [1.54, 1.807) is 4.57 Å². The lowest BCUT2D eigenvalue weighted by Gasteiger charge is -2.12. The summed E-state index contributed by atoms with van der Waals surface area (Å²) in [5.74, 6) is 0.389. The van der Waals surface area contributed by atoms with E-state index >= 15 is 0 Å². The van der Waals surface area contributed by atoms with Gasteiger partial charge in [-0.2, -0.15) is 0 Å². The van der Waals surface area contributed by atoms with E-state index in [0.717, 1.165) is 16.8 Å². The quantitative estimate of drug-likeness (QED) is 0.745. The van der Waals surface area contributed by atoms with Crippen LogP contribution < -0.4 is 5.73 Å². The topological polar surface area (TPSA) is 59.6 Å². The Hall–Kier alpha value is -1.62. The van der Waals surface area contributed by atoms with Crippen molar-refractivity contribution in [2.75, 3.05) is 5.73 Å². The summed E-state index contributed by atoms with van der Waals surface area (Å²) >= 11 is 5.17. The summed E-state index contributed by atoms with van der Waals surface area (Å²) in [6, 6.07) is 4.22. The van der Waals surface area contributed by atoms with Gasteiger partial charge in [0.15, 0.2) is 0 Å². The van der Waals surface area contributed by atoms with Crippen molar-refractivity contribution in [3.8, 4) is 5.69 Å². The minimum absolute atomic E-state index is 0.389. The fraction of sp³-hybridized carbons (Fsp3) is 0.273. The summed E-state index contributed by atoms with van der Waals surface area (Å²) in [6.45, 7) is 6.16. The number of rotatable bonds is 1. The number of aryl methyl sites for hydroxylation is 3. The van der Waals surface area contributed by atoms with Gasteiger partial charge in [0.2, 0.25) is 10.7 Å². The van der Waals surface area contributed by atoms with Gasteiger partial charge >= 0.3 is 0 Å². The lowest BCUT2D eigenvalue weighted by molar-refractivity contribution is 1.01. The fourth-order valence-corrected chi connectivity index (χ4v) is 2.28. The summed E-state index contributed by atoms with van der Waals surface area (Å²) in [6.07, 6.45) is 0. The molecule has 16 heavy (non-hydrogen) atoms. The molecule has 1 aromatic carbocycles. The van der Waals surface area contributed by atoms with E-state index in [9.17, 15) is 0 Å². The van der Waals surface area contributed by atoms with Gasteiger partial charge in [-0.15, -0.1) is 5.10 Å². The maximum absolute atomic E-state index is 5.80. The van der Waals surface area contributed by atoms with Gasteiger partial charge in [0.1, 0.15) is 0 Å². The molecule has 0 aliphatic heterocycles. The minimum Gasteiger partial charge on any atom is -0.368 e. The van der Waals surface area contributed by atoms with Crippen LogP contribution in [0, 0.1) is 25.5 Å². The highest BCUT2D eigenvalue weighted by Gasteiger charge is 2.10. The summed E-state index contributed by atoms with van der Waals surface area (Å²) in [5, 5.41) is 6.62. The average Bonchev–Trinajstić information content (AvgIpc) is 2.47. The van der Waals surface area contributed by atoms with Crippen LogP contribution in [0.3, 0.4) is 0 Å². The second-order valence-electron chi connectivity index (χ2n) is 3.97. The molecule has 0 aliphatic rings. The second kappa shape index (κ2) is 3.75. The van der Waals surface area contributed by atoms with Crippen molar-refractivity contribution in [3.05, 3.63) is 33.6 Å². The second-order valence-corrected chi connectivity index (χ2v) is 4.36. The van der Waals surface area contributed by atoms with Crippen LogP contribution >= 0.6 is 12.2 Å². The highest BCUT2D eigenvalue weighted by Crippen LogP contribution is 2.22. The summed E-state index contributed by atoms with van der Waals surface area (Å²) in [7, 11) is 0. The van der Waals surface area contributed by atoms with Crippen molar-refractivity contribution in [1.29, 1.82) is 0 Å². The van der Waals surface area contributed by atoms with Crippen molar-refractivity contribution in [2.45, 2.75) is 20.8 Å². The Morgan fingerprint density at radius 2 is 1.81 bits per heavy atom. The highest BCUT2D eigenvalue weighted by atomic mass is 32.1. The predicted molar refractivity (Wildman–Crippen MR) is 67.4 cm³/mol. The molecule has 1 aromatic heterocycles. The van der Waals surface area contributed by atoms with Crippen molar-refractivity contribution >= 4 is 18.2 Å². The molecule has 0 fully saturated rings. The van der Waals surface area contributed by atoms with Gasteiger partial charge in [0.25, 0.3) is 0 Å². The van der Waals surface area contributed by atoms with E-state index in [4.69, 9.17) is 18.0 Å². The molecule has 0 bridgehead atoms. The van der Waals surface area contributed by atoms with Crippen molar-refractivity contribution in [1.82, 2.24) is 14.8 Å². The molecule has 0 saturated heterocycles. The number of nitrogen functional groups attached to an aromatic ring is 1. The molecule has 0 saturated carbocycles. The van der Waals surface area contributed by atoms with Crippen LogP contribution in [0.4, 0.5) is 5.95 Å². The molecular weight excluding hydrogens is 220 g/mol. The molecule has 84 valence electrons. The molecular formula is C11H14N4S. The normalized spacial score (nSPS) is 10.7. The highest BCUT2D eigenvalue weighted by molar-refractivity contribution is 7.71. The molecule has 0 radical (unpaired) electrons. The maximum Gasteiger partial charge on any atom is 0.225 e. The predicted octanol–water partition coefficient (Wildman–Crippen LogP) is 2.44. The van der Waals surface area contributed by atoms with Gasteiger partial charge in [0, 0.05) is 0 Å². The van der Waals surface area contributed by atoms with Gasteiger partial charge in [0.05, 0.1) is 5.69 Å². The lowest BCUT2D eigenvalue weighted by atomic mass is 10.1. The van der Waals surface area contributed by atoms with E-state index in [1.807, 2.05) is 13.8 Å². The molecule has 0 spiro atoms. The van der Waals surface area contributed by atoms with Crippen LogP contribution in [-0.2, 0) is 0 Å². The first kappa shape index (κ1) is 10.9. The number of nitrogens with one attached hydrogen (secondary N) is 1. The first-order chi connectivity index (χ1) is 7.50. The SMILES string of the molecule is Cc1cc(C)c(-n2c(N)n[nH]c2=S)c(C)c1. The summed E-state index contributed by atoms with van der Waals surface area (Å²) in [5.41, 5.74) is 10.3. The largest absolute Gasteiger partial charge is 0.368 e. The number of hydrogen-bond acceptors (Lipinski definition) is 3. The number of aromatic amines is 1. The van der Waals surface area contributed by atoms with Crippen molar-refractivity contribution in [3.63, 3.8) is 0 Å². The number of H-pyrrole nitrogens is 1. The van der Waals surface area contributed by atoms with Crippen LogP contribution in [0.5, 0.6) is 0 Å². The van der Waals surface area contributed by atoms with E-state index in [2.05, 4.69) is 29.3 Å². The Balaban J connectivity index is 2.79. The molecule has 4 nitrogen and oxygen atoms in total. The van der Waals surface area contributed by atoms with E-state index in [-0.39, 0.29) is 0 Å². The Morgan fingerprint density at radius 3 is 2.25 bits per heavy atom. The van der Waals surface area contributed by atoms with Crippen LogP contribution in [0.1, 0.15) is 16.7 Å². The van der Waals surface area contributed by atoms with Gasteiger partial charge < -0.3 is 5.73 Å². The van der Waals surface area contributed by atoms with Crippen LogP contribution in [-0.4, -0.2) is 14.8 Å². The number of nitrogens with two attached hydrogens (primary N) is 1. The molecule has 0 atom stereocenters. The van der Waals surface area contributed by atoms with Crippen LogP contribution in [0.15, 0.2) is 12.1 Å². The van der Waals surface area contributed by atoms with Gasteiger partial charge in [-0.1, -0.05) is 17.7 Å². The van der Waals surface area contributed by atoms with Gasteiger partial charge in [-0.25, -0.2) is 5.10 Å². The number of hydrogen-bond donors (Lipinski definition) is 2. The lowest BCUT2D eigenvalue weighted by Crippen LogP contribution is -2.05. The monoisotopic (exact) mass is 234 g/mol. The van der Waals surface area contributed by atoms with Crippen LogP contribution in [0.25, 0.3) is 5.69 Å². The molecule has 0 unspecified atom stereocenters. The molecule has 3 N–H and O–H groups in total. The van der Waals surface area contributed by atoms with E-state index in [1.165, 1.54) is 5.56 Å². The molecule has 1 heterocycles. The van der Waals surface area contributed by atoms with E-state index in [0.29, 0.717) is 10.7 Å². The Labute approximate surface area is 99.1 Å². The van der Waals surface area contributed by atoms with Crippen molar-refractivity contribution < 1.29 is 0 Å². The number of anilines is 1.